The van der Waals surface area contributed by atoms with Crippen LogP contribution in [0.2, 0.25) is 0 Å². The Morgan fingerprint density at radius 2 is 1.86 bits per heavy atom. The van der Waals surface area contributed by atoms with Crippen molar-refractivity contribution in [2.45, 2.75) is 25.5 Å². The molecule has 1 rings (SSSR count). The number of methoxy groups -OCH3 is 1. The van der Waals surface area contributed by atoms with Crippen molar-refractivity contribution in [2.75, 3.05) is 33.9 Å². The van der Waals surface area contributed by atoms with Crippen LogP contribution in [0.25, 0.3) is 0 Å². The van der Waals surface area contributed by atoms with E-state index in [2.05, 4.69) is 0 Å². The maximum absolute atomic E-state index is 13.1. The summed E-state index contributed by atoms with van der Waals surface area (Å²) in [7, 11) is 3.42. The van der Waals surface area contributed by atoms with Crippen LogP contribution in [-0.4, -0.2) is 56.1 Å². The molecule has 0 fully saturated rings. The van der Waals surface area contributed by atoms with Gasteiger partial charge in [-0.05, 0) is 20.0 Å². The lowest BCUT2D eigenvalue weighted by Gasteiger charge is -2.31. The van der Waals surface area contributed by atoms with Crippen LogP contribution >= 0.6 is 0 Å². The Kier molecular flexibility index (Phi) is 7.56. The largest absolute Gasteiger partial charge is 0.492 e. The Labute approximate surface area is 124 Å². The van der Waals surface area contributed by atoms with Gasteiger partial charge in [-0.15, -0.1) is 0 Å². The molecule has 1 N–H and O–H groups in total. The van der Waals surface area contributed by atoms with Crippen LogP contribution in [-0.2, 0) is 4.74 Å². The summed E-state index contributed by atoms with van der Waals surface area (Å²) in [5, 5.41) is 10.2. The first kappa shape index (κ1) is 17.8. The first-order valence-corrected chi connectivity index (χ1v) is 6.94. The molecule has 0 bridgehead atoms. The molecule has 21 heavy (non-hydrogen) atoms. The molecule has 0 heterocycles. The van der Waals surface area contributed by atoms with Crippen molar-refractivity contribution in [3.8, 4) is 5.75 Å². The maximum atomic E-state index is 13.1. The van der Waals surface area contributed by atoms with Crippen LogP contribution in [0.15, 0.2) is 18.2 Å². The quantitative estimate of drug-likeness (QED) is 0.758. The number of halogens is 2. The lowest BCUT2D eigenvalue weighted by atomic mass is 10.1. The van der Waals surface area contributed by atoms with Gasteiger partial charge in [0.1, 0.15) is 24.0 Å². The first-order chi connectivity index (χ1) is 9.97. The summed E-state index contributed by atoms with van der Waals surface area (Å²) in [6, 6.07) is 2.74. The van der Waals surface area contributed by atoms with E-state index in [0.717, 1.165) is 24.7 Å². The second-order valence-corrected chi connectivity index (χ2v) is 4.91. The summed E-state index contributed by atoms with van der Waals surface area (Å²) in [5.41, 5.74) is 0. The molecular weight excluding hydrogens is 280 g/mol. The smallest absolute Gasteiger partial charge is 0.129 e. The summed E-state index contributed by atoms with van der Waals surface area (Å²) in [6.07, 6.45) is -0.180. The predicted octanol–water partition coefficient (Wildman–Crippen LogP) is 2.06. The Balaban J connectivity index is 2.67. The van der Waals surface area contributed by atoms with Crippen molar-refractivity contribution in [3.05, 3.63) is 29.8 Å². The van der Waals surface area contributed by atoms with E-state index < -0.39 is 17.7 Å². The van der Waals surface area contributed by atoms with Crippen molar-refractivity contribution in [1.82, 2.24) is 4.90 Å². The molecule has 1 aromatic carbocycles. The fourth-order valence-corrected chi connectivity index (χ4v) is 1.99. The second-order valence-electron chi connectivity index (χ2n) is 4.91. The molecule has 0 radical (unpaired) electrons. The molecule has 0 aromatic heterocycles. The molecule has 0 spiro atoms. The third-order valence-electron chi connectivity index (χ3n) is 3.38. The second kappa shape index (κ2) is 8.92. The zero-order valence-corrected chi connectivity index (χ0v) is 12.7. The van der Waals surface area contributed by atoms with Gasteiger partial charge >= 0.3 is 0 Å². The van der Waals surface area contributed by atoms with Crippen molar-refractivity contribution >= 4 is 0 Å². The lowest BCUT2D eigenvalue weighted by molar-refractivity contribution is 0.0173. The third kappa shape index (κ3) is 5.95. The Hall–Kier alpha value is -1.24. The minimum atomic E-state index is -0.690. The zero-order chi connectivity index (χ0) is 15.8. The van der Waals surface area contributed by atoms with E-state index in [4.69, 9.17) is 9.47 Å². The standard InChI is InChI=1S/C15H23F2NO3/c1-4-18(2)14(15(19)5-6-20-3)10-21-13-8-11(16)7-12(17)9-13/h7-9,14-15,19H,4-6,10H2,1-3H3. The topological polar surface area (TPSA) is 41.9 Å². The van der Waals surface area contributed by atoms with Crippen molar-refractivity contribution in [1.29, 1.82) is 0 Å². The van der Waals surface area contributed by atoms with Gasteiger partial charge in [0.25, 0.3) is 0 Å². The van der Waals surface area contributed by atoms with Gasteiger partial charge in [0.2, 0.25) is 0 Å². The van der Waals surface area contributed by atoms with E-state index in [-0.39, 0.29) is 18.4 Å². The zero-order valence-electron chi connectivity index (χ0n) is 12.7. The molecule has 0 aliphatic rings. The summed E-state index contributed by atoms with van der Waals surface area (Å²) < 4.78 is 36.6. The van der Waals surface area contributed by atoms with Gasteiger partial charge in [-0.2, -0.15) is 0 Å². The van der Waals surface area contributed by atoms with Crippen LogP contribution in [0.1, 0.15) is 13.3 Å². The number of hydrogen-bond donors (Lipinski definition) is 1. The van der Waals surface area contributed by atoms with Gasteiger partial charge in [0, 0.05) is 31.9 Å². The lowest BCUT2D eigenvalue weighted by Crippen LogP contribution is -2.45. The van der Waals surface area contributed by atoms with E-state index in [9.17, 15) is 13.9 Å². The first-order valence-electron chi connectivity index (χ1n) is 6.94. The van der Waals surface area contributed by atoms with Crippen LogP contribution in [0, 0.1) is 11.6 Å². The number of ether oxygens (including phenoxy) is 2. The average molecular weight is 303 g/mol. The highest BCUT2D eigenvalue weighted by Crippen LogP contribution is 2.17. The van der Waals surface area contributed by atoms with E-state index in [1.165, 1.54) is 0 Å². The van der Waals surface area contributed by atoms with E-state index >= 15 is 0 Å². The molecule has 0 saturated heterocycles. The Bertz CT molecular complexity index is 411. The van der Waals surface area contributed by atoms with Gasteiger partial charge in [0.15, 0.2) is 0 Å². The minimum absolute atomic E-state index is 0.112. The Morgan fingerprint density at radius 3 is 2.38 bits per heavy atom. The van der Waals surface area contributed by atoms with E-state index in [1.54, 1.807) is 7.11 Å². The number of benzene rings is 1. The van der Waals surface area contributed by atoms with Crippen LogP contribution < -0.4 is 4.74 Å². The summed E-state index contributed by atoms with van der Waals surface area (Å²) >= 11 is 0. The van der Waals surface area contributed by atoms with E-state index in [0.29, 0.717) is 13.0 Å². The van der Waals surface area contributed by atoms with Gasteiger partial charge in [-0.3, -0.25) is 4.90 Å². The summed E-state index contributed by atoms with van der Waals surface area (Å²) in [5.74, 6) is -1.27. The average Bonchev–Trinajstić information content (AvgIpc) is 2.43. The highest BCUT2D eigenvalue weighted by molar-refractivity contribution is 5.23. The molecule has 0 aliphatic carbocycles. The van der Waals surface area contributed by atoms with Crippen LogP contribution in [0.3, 0.4) is 0 Å². The number of likely N-dealkylation sites (N-methyl/N-ethyl adjacent to an activating group) is 1. The van der Waals surface area contributed by atoms with Crippen molar-refractivity contribution < 1.29 is 23.4 Å². The number of nitrogens with zero attached hydrogens (tertiary/aromatic N) is 1. The highest BCUT2D eigenvalue weighted by atomic mass is 19.1. The number of hydrogen-bond acceptors (Lipinski definition) is 4. The van der Waals surface area contributed by atoms with Crippen molar-refractivity contribution in [2.24, 2.45) is 0 Å². The van der Waals surface area contributed by atoms with Crippen LogP contribution in [0.5, 0.6) is 5.75 Å². The third-order valence-corrected chi connectivity index (χ3v) is 3.38. The molecule has 0 amide bonds. The van der Waals surface area contributed by atoms with Crippen molar-refractivity contribution in [3.63, 3.8) is 0 Å². The molecule has 0 aliphatic heterocycles. The van der Waals surface area contributed by atoms with Gasteiger partial charge in [0.05, 0.1) is 12.1 Å². The number of aliphatic hydroxyl groups excluding tert-OH is 1. The van der Waals surface area contributed by atoms with E-state index in [1.807, 2.05) is 18.9 Å². The summed E-state index contributed by atoms with van der Waals surface area (Å²) in [4.78, 5) is 1.93. The minimum Gasteiger partial charge on any atom is -0.492 e. The monoisotopic (exact) mass is 303 g/mol. The fraction of sp³-hybridized carbons (Fsp3) is 0.600. The Morgan fingerprint density at radius 1 is 1.24 bits per heavy atom. The molecule has 6 heteroatoms. The molecule has 1 aromatic rings. The molecule has 4 nitrogen and oxygen atoms in total. The van der Waals surface area contributed by atoms with Crippen LogP contribution in [0.4, 0.5) is 8.78 Å². The normalized spacial score (nSPS) is 14.2. The number of rotatable bonds is 9. The van der Waals surface area contributed by atoms with Gasteiger partial charge in [-0.1, -0.05) is 6.92 Å². The predicted molar refractivity (Wildman–Crippen MR) is 76.4 cm³/mol. The fourth-order valence-electron chi connectivity index (χ4n) is 1.99. The molecule has 2 unspecified atom stereocenters. The molecular formula is C15H23F2NO3. The SMILES string of the molecule is CCN(C)C(COc1cc(F)cc(F)c1)C(O)CCOC. The summed E-state index contributed by atoms with van der Waals surface area (Å²) in [6.45, 7) is 3.25. The molecule has 120 valence electrons. The van der Waals surface area contributed by atoms with Gasteiger partial charge in [-0.25, -0.2) is 8.78 Å². The maximum Gasteiger partial charge on any atom is 0.129 e. The molecule has 2 atom stereocenters. The van der Waals surface area contributed by atoms with Gasteiger partial charge < -0.3 is 14.6 Å². The highest BCUT2D eigenvalue weighted by Gasteiger charge is 2.23. The molecule has 0 saturated carbocycles. The number of aliphatic hydroxyl groups is 1.